The van der Waals surface area contributed by atoms with E-state index in [4.69, 9.17) is 0 Å². The number of benzene rings is 1. The van der Waals surface area contributed by atoms with Gasteiger partial charge in [-0.15, -0.1) is 0 Å². The highest BCUT2D eigenvalue weighted by atomic mass is 79.9. The van der Waals surface area contributed by atoms with Crippen molar-refractivity contribution in [1.29, 1.82) is 0 Å². The maximum absolute atomic E-state index is 12.0. The summed E-state index contributed by atoms with van der Waals surface area (Å²) in [7, 11) is -3.72. The Morgan fingerprint density at radius 3 is 2.56 bits per heavy atom. The molecule has 0 radical (unpaired) electrons. The fourth-order valence-electron chi connectivity index (χ4n) is 1.31. The minimum Gasteiger partial charge on any atom is -0.492 e. The standard InChI is InChI=1S/C11H9BrN2O3S/c12-8-6-10(11(15)13-7-8)14-18(16,17)9-4-2-1-3-5-9/h1-7,14H,(H,13,15). The van der Waals surface area contributed by atoms with Crippen molar-refractivity contribution in [2.75, 3.05) is 4.72 Å². The molecule has 0 aliphatic carbocycles. The van der Waals surface area contributed by atoms with Crippen molar-refractivity contribution in [3.05, 3.63) is 47.1 Å². The summed E-state index contributed by atoms with van der Waals surface area (Å²) in [5.41, 5.74) is 0.0215. The van der Waals surface area contributed by atoms with Crippen LogP contribution in [0.3, 0.4) is 0 Å². The maximum Gasteiger partial charge on any atom is 0.262 e. The molecule has 0 atom stereocenters. The Balaban J connectivity index is 2.37. The van der Waals surface area contributed by atoms with Crippen molar-refractivity contribution in [3.63, 3.8) is 0 Å². The van der Waals surface area contributed by atoms with Crippen molar-refractivity contribution in [3.8, 4) is 5.88 Å². The first-order chi connectivity index (χ1) is 8.49. The van der Waals surface area contributed by atoms with E-state index in [2.05, 4.69) is 25.6 Å². The molecule has 0 aliphatic heterocycles. The van der Waals surface area contributed by atoms with Crippen LogP contribution in [-0.2, 0) is 10.0 Å². The van der Waals surface area contributed by atoms with E-state index in [1.165, 1.54) is 24.4 Å². The first kappa shape index (κ1) is 12.8. The third kappa shape index (κ3) is 2.80. The number of rotatable bonds is 3. The van der Waals surface area contributed by atoms with Crippen LogP contribution in [0.1, 0.15) is 0 Å². The van der Waals surface area contributed by atoms with Gasteiger partial charge in [0.15, 0.2) is 0 Å². The molecular formula is C11H9BrN2O3S. The van der Waals surface area contributed by atoms with E-state index in [0.717, 1.165) is 0 Å². The second kappa shape index (κ2) is 4.95. The number of hydrogen-bond acceptors (Lipinski definition) is 4. The predicted molar refractivity (Wildman–Crippen MR) is 70.9 cm³/mol. The van der Waals surface area contributed by atoms with Gasteiger partial charge in [-0.05, 0) is 34.1 Å². The number of aromatic nitrogens is 1. The summed E-state index contributed by atoms with van der Waals surface area (Å²) >= 11 is 3.15. The number of nitrogens with zero attached hydrogens (tertiary/aromatic N) is 1. The van der Waals surface area contributed by atoms with Gasteiger partial charge >= 0.3 is 0 Å². The second-order valence-corrected chi connectivity index (χ2v) is 6.04. The molecule has 2 N–H and O–H groups in total. The van der Waals surface area contributed by atoms with Crippen molar-refractivity contribution in [2.45, 2.75) is 4.90 Å². The third-order valence-electron chi connectivity index (χ3n) is 2.13. The van der Waals surface area contributed by atoms with Gasteiger partial charge in [-0.2, -0.15) is 0 Å². The quantitative estimate of drug-likeness (QED) is 0.906. The van der Waals surface area contributed by atoms with E-state index >= 15 is 0 Å². The number of pyridine rings is 1. The van der Waals surface area contributed by atoms with Crippen LogP contribution in [0, 0.1) is 0 Å². The zero-order valence-electron chi connectivity index (χ0n) is 9.04. The molecule has 1 aromatic carbocycles. The molecular weight excluding hydrogens is 320 g/mol. The summed E-state index contributed by atoms with van der Waals surface area (Å²) in [5, 5.41) is 9.49. The molecule has 0 aliphatic rings. The van der Waals surface area contributed by atoms with Crippen LogP contribution in [0.2, 0.25) is 0 Å². The lowest BCUT2D eigenvalue weighted by atomic mass is 10.4. The summed E-state index contributed by atoms with van der Waals surface area (Å²) < 4.78 is 26.8. The van der Waals surface area contributed by atoms with Crippen molar-refractivity contribution in [2.24, 2.45) is 0 Å². The molecule has 94 valence electrons. The van der Waals surface area contributed by atoms with E-state index in [1.54, 1.807) is 18.2 Å². The van der Waals surface area contributed by atoms with Gasteiger partial charge in [0.05, 0.1) is 4.90 Å². The highest BCUT2D eigenvalue weighted by Gasteiger charge is 2.16. The number of anilines is 1. The summed E-state index contributed by atoms with van der Waals surface area (Å²) in [6, 6.07) is 9.32. The monoisotopic (exact) mass is 328 g/mol. The first-order valence-electron chi connectivity index (χ1n) is 4.91. The molecule has 18 heavy (non-hydrogen) atoms. The third-order valence-corrected chi connectivity index (χ3v) is 3.95. The lowest BCUT2D eigenvalue weighted by Gasteiger charge is -2.09. The minimum atomic E-state index is -3.72. The molecule has 5 nitrogen and oxygen atoms in total. The molecule has 0 fully saturated rings. The van der Waals surface area contributed by atoms with Gasteiger partial charge in [0, 0.05) is 10.7 Å². The van der Waals surface area contributed by atoms with Crippen LogP contribution in [0.25, 0.3) is 0 Å². The van der Waals surface area contributed by atoms with E-state index in [1.807, 2.05) is 0 Å². The lowest BCUT2D eigenvalue weighted by molar-refractivity contribution is 0.456. The predicted octanol–water partition coefficient (Wildman–Crippen LogP) is 2.35. The smallest absolute Gasteiger partial charge is 0.262 e. The summed E-state index contributed by atoms with van der Waals surface area (Å²) in [6.45, 7) is 0. The number of nitrogens with one attached hydrogen (secondary N) is 1. The number of halogens is 1. The Labute approximate surface area is 113 Å². The van der Waals surface area contributed by atoms with Gasteiger partial charge in [-0.3, -0.25) is 4.72 Å². The molecule has 0 saturated carbocycles. The Morgan fingerprint density at radius 1 is 1.22 bits per heavy atom. The zero-order valence-corrected chi connectivity index (χ0v) is 11.4. The molecule has 0 unspecified atom stereocenters. The molecule has 2 rings (SSSR count). The highest BCUT2D eigenvalue weighted by Crippen LogP contribution is 2.26. The molecule has 7 heteroatoms. The average molecular weight is 329 g/mol. The molecule has 2 aromatic rings. The van der Waals surface area contributed by atoms with E-state index < -0.39 is 10.0 Å². The average Bonchev–Trinajstić information content (AvgIpc) is 2.35. The van der Waals surface area contributed by atoms with E-state index in [9.17, 15) is 13.5 Å². The van der Waals surface area contributed by atoms with Gasteiger partial charge in [0.25, 0.3) is 10.0 Å². The van der Waals surface area contributed by atoms with Crippen molar-refractivity contribution >= 4 is 31.6 Å². The SMILES string of the molecule is O=S(=O)(Nc1cc(Br)cnc1O)c1ccccc1. The zero-order chi connectivity index (χ0) is 13.2. The Hall–Kier alpha value is -1.60. The lowest BCUT2D eigenvalue weighted by Crippen LogP contribution is -2.13. The molecule has 0 spiro atoms. The molecule has 0 bridgehead atoms. The van der Waals surface area contributed by atoms with Gasteiger partial charge in [-0.25, -0.2) is 13.4 Å². The van der Waals surface area contributed by atoms with Crippen LogP contribution in [0.4, 0.5) is 5.69 Å². The molecule has 1 aromatic heterocycles. The normalized spacial score (nSPS) is 11.2. The Morgan fingerprint density at radius 2 is 1.89 bits per heavy atom. The minimum absolute atomic E-state index is 0.0215. The number of sulfonamides is 1. The number of hydrogen-bond donors (Lipinski definition) is 2. The molecule has 0 saturated heterocycles. The fourth-order valence-corrected chi connectivity index (χ4v) is 2.71. The first-order valence-corrected chi connectivity index (χ1v) is 7.19. The molecule has 1 heterocycles. The van der Waals surface area contributed by atoms with Crippen LogP contribution >= 0.6 is 15.9 Å². The van der Waals surface area contributed by atoms with Gasteiger partial charge in [0.1, 0.15) is 5.69 Å². The Kier molecular flexibility index (Phi) is 3.53. The van der Waals surface area contributed by atoms with Crippen LogP contribution < -0.4 is 4.72 Å². The van der Waals surface area contributed by atoms with Gasteiger partial charge in [0.2, 0.25) is 5.88 Å². The summed E-state index contributed by atoms with van der Waals surface area (Å²) in [6.07, 6.45) is 1.37. The van der Waals surface area contributed by atoms with E-state index in [0.29, 0.717) is 4.47 Å². The van der Waals surface area contributed by atoms with Crippen LogP contribution in [0.5, 0.6) is 5.88 Å². The fraction of sp³-hybridized carbons (Fsp3) is 0. The van der Waals surface area contributed by atoms with Crippen molar-refractivity contribution < 1.29 is 13.5 Å². The van der Waals surface area contributed by atoms with Crippen LogP contribution in [-0.4, -0.2) is 18.5 Å². The number of aromatic hydroxyl groups is 1. The Bertz CT molecular complexity index is 659. The van der Waals surface area contributed by atoms with Crippen molar-refractivity contribution in [1.82, 2.24) is 4.98 Å². The largest absolute Gasteiger partial charge is 0.492 e. The maximum atomic E-state index is 12.0. The second-order valence-electron chi connectivity index (χ2n) is 3.44. The molecule has 0 amide bonds. The van der Waals surface area contributed by atoms with E-state index in [-0.39, 0.29) is 16.5 Å². The van der Waals surface area contributed by atoms with Gasteiger partial charge < -0.3 is 5.11 Å². The summed E-state index contributed by atoms with van der Waals surface area (Å²) in [4.78, 5) is 3.75. The van der Waals surface area contributed by atoms with Gasteiger partial charge in [-0.1, -0.05) is 18.2 Å². The summed E-state index contributed by atoms with van der Waals surface area (Å²) in [5.74, 6) is -0.377. The highest BCUT2D eigenvalue weighted by molar-refractivity contribution is 9.10. The topological polar surface area (TPSA) is 79.3 Å². The van der Waals surface area contributed by atoms with Crippen LogP contribution in [0.15, 0.2) is 52.0 Å².